The number of hydrogen-bond acceptors (Lipinski definition) is 4. The minimum Gasteiger partial charge on any atom is -0.490 e. The van der Waals surface area contributed by atoms with Crippen molar-refractivity contribution < 1.29 is 27.8 Å². The zero-order valence-corrected chi connectivity index (χ0v) is 15.7. The molecule has 3 rings (SSSR count). The molecule has 2 heterocycles. The van der Waals surface area contributed by atoms with Gasteiger partial charge in [0.2, 0.25) is 0 Å². The molecule has 1 aliphatic heterocycles. The number of nitrogens with zero attached hydrogens (tertiary/aromatic N) is 3. The lowest BCUT2D eigenvalue weighted by atomic mass is 10.1. The highest BCUT2D eigenvalue weighted by molar-refractivity contribution is 6.30. The lowest BCUT2D eigenvalue weighted by molar-refractivity contribution is -0.192. The van der Waals surface area contributed by atoms with Crippen LogP contribution in [0.1, 0.15) is 12.8 Å². The molecular formula is C18H21ClF3N3O3. The Labute approximate surface area is 165 Å². The van der Waals surface area contributed by atoms with Crippen molar-refractivity contribution in [2.75, 3.05) is 19.6 Å². The summed E-state index contributed by atoms with van der Waals surface area (Å²) in [6.45, 7) is 4.17. The van der Waals surface area contributed by atoms with Gasteiger partial charge in [-0.1, -0.05) is 11.6 Å². The second kappa shape index (κ2) is 10.3. The summed E-state index contributed by atoms with van der Waals surface area (Å²) in [4.78, 5) is 11.4. The number of rotatable bonds is 5. The van der Waals surface area contributed by atoms with Crippen molar-refractivity contribution in [1.29, 1.82) is 0 Å². The van der Waals surface area contributed by atoms with Gasteiger partial charge in [0.25, 0.3) is 0 Å². The molecule has 0 bridgehead atoms. The third-order valence-corrected chi connectivity index (χ3v) is 4.35. The van der Waals surface area contributed by atoms with Crippen molar-refractivity contribution in [2.24, 2.45) is 0 Å². The van der Waals surface area contributed by atoms with Crippen LogP contribution in [0.2, 0.25) is 5.02 Å². The average Bonchev–Trinajstić information content (AvgIpc) is 3.16. The van der Waals surface area contributed by atoms with E-state index in [4.69, 9.17) is 26.2 Å². The summed E-state index contributed by atoms with van der Waals surface area (Å²) in [5.41, 5.74) is 0. The van der Waals surface area contributed by atoms with Crippen LogP contribution in [0.3, 0.4) is 0 Å². The first-order valence-corrected chi connectivity index (χ1v) is 9.04. The first-order valence-electron chi connectivity index (χ1n) is 8.66. The zero-order chi connectivity index (χ0) is 20.6. The predicted octanol–water partition coefficient (Wildman–Crippen LogP) is 3.71. The molecule has 0 spiro atoms. The van der Waals surface area contributed by atoms with Gasteiger partial charge >= 0.3 is 12.1 Å². The van der Waals surface area contributed by atoms with Crippen molar-refractivity contribution in [2.45, 2.75) is 31.7 Å². The summed E-state index contributed by atoms with van der Waals surface area (Å²) in [5.74, 6) is -1.85. The molecule has 0 unspecified atom stereocenters. The van der Waals surface area contributed by atoms with Crippen LogP contribution in [0, 0.1) is 0 Å². The highest BCUT2D eigenvalue weighted by Crippen LogP contribution is 2.21. The molecule has 1 N–H and O–H groups in total. The Hall–Kier alpha value is -2.26. The van der Waals surface area contributed by atoms with Gasteiger partial charge in [0.1, 0.15) is 11.9 Å². The van der Waals surface area contributed by atoms with Crippen molar-refractivity contribution >= 4 is 17.6 Å². The highest BCUT2D eigenvalue weighted by atomic mass is 35.5. The molecule has 0 aliphatic carbocycles. The standard InChI is InChI=1S/C16H20ClN3O.C2HF3O2/c17-14-2-4-15(5-3-14)21-16-6-10-19(11-7-16)12-13-20-9-1-8-18-20;3-2(4,5)1(6)7/h1-5,8-9,16H,6-7,10-13H2;(H,6,7). The minimum atomic E-state index is -5.08. The number of aliphatic carboxylic acids is 1. The van der Waals surface area contributed by atoms with Gasteiger partial charge in [-0.2, -0.15) is 18.3 Å². The van der Waals surface area contributed by atoms with Gasteiger partial charge in [0.05, 0.1) is 6.54 Å². The van der Waals surface area contributed by atoms with Crippen LogP contribution in [0.25, 0.3) is 0 Å². The summed E-state index contributed by atoms with van der Waals surface area (Å²) in [5, 5.41) is 12.1. The summed E-state index contributed by atoms with van der Waals surface area (Å²) in [6, 6.07) is 9.58. The van der Waals surface area contributed by atoms with Crippen LogP contribution in [0.15, 0.2) is 42.7 Å². The maximum absolute atomic E-state index is 10.6. The van der Waals surface area contributed by atoms with E-state index in [0.29, 0.717) is 6.10 Å². The van der Waals surface area contributed by atoms with Gasteiger partial charge in [0, 0.05) is 37.1 Å². The van der Waals surface area contributed by atoms with Gasteiger partial charge in [-0.25, -0.2) is 4.79 Å². The summed E-state index contributed by atoms with van der Waals surface area (Å²) < 4.78 is 39.7. The number of ether oxygens (including phenoxy) is 1. The highest BCUT2D eigenvalue weighted by Gasteiger charge is 2.38. The predicted molar refractivity (Wildman–Crippen MR) is 97.5 cm³/mol. The summed E-state index contributed by atoms with van der Waals surface area (Å²) in [7, 11) is 0. The molecule has 2 aromatic rings. The van der Waals surface area contributed by atoms with Crippen molar-refractivity contribution in [3.05, 3.63) is 47.7 Å². The Morgan fingerprint density at radius 3 is 2.32 bits per heavy atom. The van der Waals surface area contributed by atoms with Crippen LogP contribution in [0.4, 0.5) is 13.2 Å². The number of carboxylic acids is 1. The molecule has 1 aromatic heterocycles. The fourth-order valence-electron chi connectivity index (χ4n) is 2.63. The zero-order valence-electron chi connectivity index (χ0n) is 15.0. The van der Waals surface area contributed by atoms with E-state index in [2.05, 4.69) is 10.00 Å². The van der Waals surface area contributed by atoms with Crippen molar-refractivity contribution in [1.82, 2.24) is 14.7 Å². The first kappa shape index (κ1) is 22.0. The van der Waals surface area contributed by atoms with Crippen LogP contribution in [0.5, 0.6) is 5.75 Å². The maximum atomic E-state index is 10.6. The van der Waals surface area contributed by atoms with Crippen LogP contribution >= 0.6 is 11.6 Å². The fraction of sp³-hybridized carbons (Fsp3) is 0.444. The smallest absolute Gasteiger partial charge is 0.490 e. The Balaban J connectivity index is 0.000000345. The molecule has 0 saturated carbocycles. The minimum absolute atomic E-state index is 0.312. The Kier molecular flexibility index (Phi) is 8.13. The molecule has 1 aliphatic rings. The van der Waals surface area contributed by atoms with Crippen molar-refractivity contribution in [3.63, 3.8) is 0 Å². The fourth-order valence-corrected chi connectivity index (χ4v) is 2.76. The third kappa shape index (κ3) is 7.77. The monoisotopic (exact) mass is 419 g/mol. The van der Waals surface area contributed by atoms with Gasteiger partial charge in [0.15, 0.2) is 0 Å². The lowest BCUT2D eigenvalue weighted by Crippen LogP contribution is -2.39. The van der Waals surface area contributed by atoms with E-state index < -0.39 is 12.1 Å². The molecule has 0 amide bonds. The SMILES string of the molecule is Clc1ccc(OC2CCN(CCn3cccn3)CC2)cc1.O=C(O)C(F)(F)F. The molecule has 1 aromatic carbocycles. The topological polar surface area (TPSA) is 67.6 Å². The van der Waals surface area contributed by atoms with E-state index in [-0.39, 0.29) is 0 Å². The van der Waals surface area contributed by atoms with E-state index in [9.17, 15) is 13.2 Å². The van der Waals surface area contributed by atoms with E-state index in [0.717, 1.165) is 49.8 Å². The van der Waals surface area contributed by atoms with Gasteiger partial charge in [-0.15, -0.1) is 0 Å². The molecular weight excluding hydrogens is 399 g/mol. The number of aromatic nitrogens is 2. The number of benzene rings is 1. The molecule has 10 heteroatoms. The number of carboxylic acid groups (broad SMARTS) is 1. The maximum Gasteiger partial charge on any atom is 0.490 e. The third-order valence-electron chi connectivity index (χ3n) is 4.10. The Bertz CT molecular complexity index is 716. The number of alkyl halides is 3. The summed E-state index contributed by atoms with van der Waals surface area (Å²) in [6.07, 6.45) is 1.21. The molecule has 28 heavy (non-hydrogen) atoms. The molecule has 1 saturated heterocycles. The second-order valence-electron chi connectivity index (χ2n) is 6.18. The summed E-state index contributed by atoms with van der Waals surface area (Å²) >= 11 is 5.88. The van der Waals surface area contributed by atoms with Crippen LogP contribution < -0.4 is 4.74 Å². The average molecular weight is 420 g/mol. The second-order valence-corrected chi connectivity index (χ2v) is 6.62. The van der Waals surface area contributed by atoms with Gasteiger partial charge in [-0.05, 0) is 43.2 Å². The van der Waals surface area contributed by atoms with E-state index in [1.165, 1.54) is 0 Å². The number of carbonyl (C=O) groups is 1. The Morgan fingerprint density at radius 2 is 1.82 bits per heavy atom. The Morgan fingerprint density at radius 1 is 1.21 bits per heavy atom. The van der Waals surface area contributed by atoms with Gasteiger partial charge < -0.3 is 14.7 Å². The molecule has 154 valence electrons. The van der Waals surface area contributed by atoms with E-state index >= 15 is 0 Å². The van der Waals surface area contributed by atoms with Crippen molar-refractivity contribution in [3.8, 4) is 5.75 Å². The molecule has 0 radical (unpaired) electrons. The molecule has 0 atom stereocenters. The quantitative estimate of drug-likeness (QED) is 0.800. The van der Waals surface area contributed by atoms with Crippen LogP contribution in [-0.2, 0) is 11.3 Å². The molecule has 6 nitrogen and oxygen atoms in total. The van der Waals surface area contributed by atoms with Gasteiger partial charge in [-0.3, -0.25) is 4.68 Å². The largest absolute Gasteiger partial charge is 0.490 e. The number of hydrogen-bond donors (Lipinski definition) is 1. The first-order chi connectivity index (χ1) is 13.2. The number of likely N-dealkylation sites (tertiary alicyclic amines) is 1. The van der Waals surface area contributed by atoms with E-state index in [1.54, 1.807) is 0 Å². The molecule has 1 fully saturated rings. The lowest BCUT2D eigenvalue weighted by Gasteiger charge is -2.32. The van der Waals surface area contributed by atoms with E-state index in [1.807, 2.05) is 47.4 Å². The normalized spacial score (nSPS) is 15.6. The number of piperidine rings is 1. The number of halogens is 4. The van der Waals surface area contributed by atoms with Crippen LogP contribution in [-0.4, -0.2) is 57.7 Å².